The van der Waals surface area contributed by atoms with Gasteiger partial charge < -0.3 is 15.5 Å². The average Bonchev–Trinajstić information content (AvgIpc) is 2.46. The lowest BCUT2D eigenvalue weighted by Crippen LogP contribution is -2.49. The Labute approximate surface area is 118 Å². The van der Waals surface area contributed by atoms with Crippen LogP contribution in [0.25, 0.3) is 0 Å². The number of nitrogens with zero attached hydrogens (tertiary/aromatic N) is 3. The molecule has 1 aliphatic rings. The highest BCUT2D eigenvalue weighted by Crippen LogP contribution is 1.99. The number of hydrogen-bond donors (Lipinski definition) is 2. The van der Waals surface area contributed by atoms with E-state index in [1.165, 1.54) is 32.7 Å². The van der Waals surface area contributed by atoms with Crippen LogP contribution in [0.15, 0.2) is 4.99 Å². The first kappa shape index (κ1) is 16.2. The summed E-state index contributed by atoms with van der Waals surface area (Å²) in [7, 11) is 1.83. The molecule has 0 aromatic heterocycles. The van der Waals surface area contributed by atoms with Crippen molar-refractivity contribution in [2.45, 2.75) is 33.2 Å². The summed E-state index contributed by atoms with van der Waals surface area (Å²) in [5.41, 5.74) is 0. The first-order chi connectivity index (χ1) is 9.19. The molecule has 5 nitrogen and oxygen atoms in total. The summed E-state index contributed by atoms with van der Waals surface area (Å²) in [6.07, 6.45) is 1.11. The SMILES string of the molecule is CCC(C)NC(=NC)NCCN1CCN(CC)CC1. The molecule has 1 unspecified atom stereocenters. The van der Waals surface area contributed by atoms with Gasteiger partial charge in [-0.3, -0.25) is 9.89 Å². The maximum Gasteiger partial charge on any atom is 0.191 e. The number of piperazine rings is 1. The maximum atomic E-state index is 4.25. The van der Waals surface area contributed by atoms with E-state index in [4.69, 9.17) is 0 Å². The molecule has 0 aliphatic carbocycles. The van der Waals surface area contributed by atoms with Gasteiger partial charge >= 0.3 is 0 Å². The molecule has 0 radical (unpaired) electrons. The fourth-order valence-corrected chi connectivity index (χ4v) is 2.19. The summed E-state index contributed by atoms with van der Waals surface area (Å²) in [6.45, 7) is 14.6. The van der Waals surface area contributed by atoms with E-state index >= 15 is 0 Å². The van der Waals surface area contributed by atoms with Crippen LogP contribution in [-0.2, 0) is 0 Å². The Morgan fingerprint density at radius 3 is 2.32 bits per heavy atom. The van der Waals surface area contributed by atoms with Gasteiger partial charge in [0.1, 0.15) is 0 Å². The quantitative estimate of drug-likeness (QED) is 0.547. The zero-order valence-corrected chi connectivity index (χ0v) is 13.1. The normalized spacial score (nSPS) is 20.3. The highest BCUT2D eigenvalue weighted by molar-refractivity contribution is 5.79. The topological polar surface area (TPSA) is 42.9 Å². The first-order valence-corrected chi connectivity index (χ1v) is 7.61. The lowest BCUT2D eigenvalue weighted by Gasteiger charge is -2.34. The van der Waals surface area contributed by atoms with Crippen molar-refractivity contribution in [1.29, 1.82) is 0 Å². The first-order valence-electron chi connectivity index (χ1n) is 7.61. The van der Waals surface area contributed by atoms with Gasteiger partial charge in [-0.25, -0.2) is 0 Å². The highest BCUT2D eigenvalue weighted by Gasteiger charge is 2.14. The number of likely N-dealkylation sites (N-methyl/N-ethyl adjacent to an activating group) is 1. The fraction of sp³-hybridized carbons (Fsp3) is 0.929. The van der Waals surface area contributed by atoms with Crippen molar-refractivity contribution in [1.82, 2.24) is 20.4 Å². The number of rotatable bonds is 6. The molecular weight excluding hydrogens is 238 g/mol. The molecule has 0 amide bonds. The molecular formula is C14H31N5. The van der Waals surface area contributed by atoms with Crippen LogP contribution in [0.2, 0.25) is 0 Å². The van der Waals surface area contributed by atoms with Crippen molar-refractivity contribution in [3.05, 3.63) is 0 Å². The molecule has 1 aliphatic heterocycles. The number of guanidine groups is 1. The van der Waals surface area contributed by atoms with Crippen LogP contribution in [-0.4, -0.2) is 74.7 Å². The van der Waals surface area contributed by atoms with Gasteiger partial charge in [-0.1, -0.05) is 13.8 Å². The van der Waals surface area contributed by atoms with Gasteiger partial charge in [-0.15, -0.1) is 0 Å². The third-order valence-corrected chi connectivity index (χ3v) is 3.85. The van der Waals surface area contributed by atoms with Crippen molar-refractivity contribution in [3.8, 4) is 0 Å². The minimum absolute atomic E-state index is 0.472. The molecule has 5 heteroatoms. The Morgan fingerprint density at radius 1 is 1.16 bits per heavy atom. The van der Waals surface area contributed by atoms with Crippen molar-refractivity contribution < 1.29 is 0 Å². The van der Waals surface area contributed by atoms with E-state index in [1.54, 1.807) is 0 Å². The summed E-state index contributed by atoms with van der Waals surface area (Å²) in [6, 6.07) is 0.472. The van der Waals surface area contributed by atoms with Gasteiger partial charge in [0.05, 0.1) is 0 Å². The zero-order chi connectivity index (χ0) is 14.1. The van der Waals surface area contributed by atoms with E-state index in [2.05, 4.69) is 46.2 Å². The molecule has 0 saturated carbocycles. The number of aliphatic imine (C=N–C) groups is 1. The standard InChI is InChI=1S/C14H31N5/c1-5-13(3)17-14(15-4)16-7-8-19-11-9-18(6-2)10-12-19/h13H,5-12H2,1-4H3,(H2,15,16,17). The van der Waals surface area contributed by atoms with E-state index in [-0.39, 0.29) is 0 Å². The second-order valence-electron chi connectivity index (χ2n) is 5.23. The average molecular weight is 269 g/mol. The molecule has 0 aromatic carbocycles. The second kappa shape index (κ2) is 9.15. The van der Waals surface area contributed by atoms with Gasteiger partial charge in [0.25, 0.3) is 0 Å². The van der Waals surface area contributed by atoms with Crippen LogP contribution in [0, 0.1) is 0 Å². The summed E-state index contributed by atoms with van der Waals surface area (Å²) in [4.78, 5) is 9.28. The lowest BCUT2D eigenvalue weighted by atomic mass is 10.3. The second-order valence-corrected chi connectivity index (χ2v) is 5.23. The molecule has 1 fully saturated rings. The third kappa shape index (κ3) is 6.25. The summed E-state index contributed by atoms with van der Waals surface area (Å²) in [5.74, 6) is 0.918. The monoisotopic (exact) mass is 269 g/mol. The number of hydrogen-bond acceptors (Lipinski definition) is 3. The van der Waals surface area contributed by atoms with Gasteiger partial charge in [0.15, 0.2) is 5.96 Å². The molecule has 1 atom stereocenters. The largest absolute Gasteiger partial charge is 0.355 e. The third-order valence-electron chi connectivity index (χ3n) is 3.85. The van der Waals surface area contributed by atoms with Gasteiger partial charge in [0.2, 0.25) is 0 Å². The molecule has 19 heavy (non-hydrogen) atoms. The van der Waals surface area contributed by atoms with E-state index in [1.807, 2.05) is 7.05 Å². The summed E-state index contributed by atoms with van der Waals surface area (Å²) < 4.78 is 0. The number of nitrogens with one attached hydrogen (secondary N) is 2. The van der Waals surface area contributed by atoms with Crippen molar-refractivity contribution in [3.63, 3.8) is 0 Å². The van der Waals surface area contributed by atoms with E-state index in [9.17, 15) is 0 Å². The van der Waals surface area contributed by atoms with Crippen LogP contribution in [0.4, 0.5) is 0 Å². The van der Waals surface area contributed by atoms with Crippen LogP contribution in [0.1, 0.15) is 27.2 Å². The van der Waals surface area contributed by atoms with E-state index in [0.29, 0.717) is 6.04 Å². The Balaban J connectivity index is 2.15. The molecule has 1 rings (SSSR count). The van der Waals surface area contributed by atoms with Crippen LogP contribution in [0.5, 0.6) is 0 Å². The Kier molecular flexibility index (Phi) is 7.82. The molecule has 1 heterocycles. The fourth-order valence-electron chi connectivity index (χ4n) is 2.19. The van der Waals surface area contributed by atoms with Gasteiger partial charge in [-0.05, 0) is 19.9 Å². The molecule has 0 spiro atoms. The van der Waals surface area contributed by atoms with Gasteiger partial charge in [-0.2, -0.15) is 0 Å². The summed E-state index contributed by atoms with van der Waals surface area (Å²) >= 11 is 0. The van der Waals surface area contributed by atoms with Crippen molar-refractivity contribution in [2.75, 3.05) is 52.9 Å². The Morgan fingerprint density at radius 2 is 1.79 bits per heavy atom. The van der Waals surface area contributed by atoms with Crippen LogP contribution >= 0.6 is 0 Å². The molecule has 1 saturated heterocycles. The molecule has 0 aromatic rings. The Hall–Kier alpha value is -0.810. The molecule has 112 valence electrons. The van der Waals surface area contributed by atoms with Crippen LogP contribution in [0.3, 0.4) is 0 Å². The lowest BCUT2D eigenvalue weighted by molar-refractivity contribution is 0.139. The highest BCUT2D eigenvalue weighted by atomic mass is 15.3. The zero-order valence-electron chi connectivity index (χ0n) is 13.1. The van der Waals surface area contributed by atoms with Crippen molar-refractivity contribution >= 4 is 5.96 Å². The predicted molar refractivity (Wildman–Crippen MR) is 82.8 cm³/mol. The van der Waals surface area contributed by atoms with E-state index in [0.717, 1.165) is 25.5 Å². The van der Waals surface area contributed by atoms with Crippen LogP contribution < -0.4 is 10.6 Å². The summed E-state index contributed by atoms with van der Waals surface area (Å²) in [5, 5.41) is 6.77. The predicted octanol–water partition coefficient (Wildman–Crippen LogP) is 0.587. The smallest absolute Gasteiger partial charge is 0.191 e. The minimum atomic E-state index is 0.472. The minimum Gasteiger partial charge on any atom is -0.355 e. The van der Waals surface area contributed by atoms with E-state index < -0.39 is 0 Å². The molecule has 0 bridgehead atoms. The Bertz CT molecular complexity index is 259. The molecule has 2 N–H and O–H groups in total. The maximum absolute atomic E-state index is 4.25. The van der Waals surface area contributed by atoms with Crippen molar-refractivity contribution in [2.24, 2.45) is 4.99 Å². The van der Waals surface area contributed by atoms with Gasteiger partial charge in [0, 0.05) is 52.4 Å².